The molecule has 0 N–H and O–H groups in total. The van der Waals surface area contributed by atoms with Crippen molar-refractivity contribution in [2.45, 2.75) is 26.2 Å². The van der Waals surface area contributed by atoms with Gasteiger partial charge in [-0.15, -0.1) is 0 Å². The Hall–Kier alpha value is -3.68. The molecule has 0 aliphatic carbocycles. The number of esters is 2. The van der Waals surface area contributed by atoms with E-state index in [9.17, 15) is 19.2 Å². The molecule has 8 heteroatoms. The highest BCUT2D eigenvalue weighted by molar-refractivity contribution is 6.01. The smallest absolute Gasteiger partial charge is 0.338 e. The molecule has 1 saturated heterocycles. The largest absolute Gasteiger partial charge is 0.497 e. The van der Waals surface area contributed by atoms with Crippen LogP contribution in [0, 0.1) is 5.92 Å². The standard InChI is InChI=1S/C25H27NO7/c1-3-4-13-32-24(29)18-5-9-20(10-6-18)26-15-19(14-23(26)28)25(30)33-16-22(27)17-7-11-21(31-2)12-8-17/h5-12,19H,3-4,13-16H2,1-2H3/t19-/m0/s1. The van der Waals surface area contributed by atoms with Crippen LogP contribution in [0.3, 0.4) is 0 Å². The third-order valence-electron chi connectivity index (χ3n) is 5.36. The molecule has 0 aromatic heterocycles. The van der Waals surface area contributed by atoms with Crippen LogP contribution < -0.4 is 9.64 Å². The van der Waals surface area contributed by atoms with Crippen molar-refractivity contribution in [1.29, 1.82) is 0 Å². The Morgan fingerprint density at radius 3 is 2.27 bits per heavy atom. The Balaban J connectivity index is 1.53. The van der Waals surface area contributed by atoms with E-state index >= 15 is 0 Å². The van der Waals surface area contributed by atoms with Gasteiger partial charge in [0.1, 0.15) is 5.75 Å². The zero-order chi connectivity index (χ0) is 23.8. The molecular weight excluding hydrogens is 426 g/mol. The van der Waals surface area contributed by atoms with Crippen LogP contribution in [0.5, 0.6) is 5.75 Å². The van der Waals surface area contributed by atoms with Gasteiger partial charge in [-0.05, 0) is 55.0 Å². The lowest BCUT2D eigenvalue weighted by molar-refractivity contribution is -0.147. The number of benzene rings is 2. The van der Waals surface area contributed by atoms with E-state index in [1.807, 2.05) is 6.92 Å². The molecule has 1 aliphatic rings. The first-order valence-electron chi connectivity index (χ1n) is 10.8. The van der Waals surface area contributed by atoms with Crippen LogP contribution in [0.1, 0.15) is 46.9 Å². The number of amides is 1. The maximum atomic E-state index is 12.5. The molecule has 3 rings (SSSR count). The molecule has 33 heavy (non-hydrogen) atoms. The first kappa shape index (κ1) is 24.0. The summed E-state index contributed by atoms with van der Waals surface area (Å²) in [5, 5.41) is 0. The number of hydrogen-bond donors (Lipinski definition) is 0. The number of rotatable bonds is 10. The first-order valence-corrected chi connectivity index (χ1v) is 10.8. The Labute approximate surface area is 192 Å². The molecule has 1 heterocycles. The zero-order valence-electron chi connectivity index (χ0n) is 18.7. The van der Waals surface area contributed by atoms with Crippen LogP contribution in [0.25, 0.3) is 0 Å². The number of nitrogens with zero attached hydrogens (tertiary/aromatic N) is 1. The van der Waals surface area contributed by atoms with Crippen molar-refractivity contribution in [2.24, 2.45) is 5.92 Å². The fourth-order valence-electron chi connectivity index (χ4n) is 3.40. The number of carbonyl (C=O) groups excluding carboxylic acids is 4. The van der Waals surface area contributed by atoms with Crippen LogP contribution in [0.2, 0.25) is 0 Å². The normalized spacial score (nSPS) is 15.3. The molecule has 0 spiro atoms. The summed E-state index contributed by atoms with van der Waals surface area (Å²) in [5.74, 6) is -1.62. The van der Waals surface area contributed by atoms with E-state index in [4.69, 9.17) is 14.2 Å². The second-order valence-corrected chi connectivity index (χ2v) is 7.70. The molecule has 2 aromatic rings. The SMILES string of the molecule is CCCCOC(=O)c1ccc(N2C[C@@H](C(=O)OCC(=O)c3ccc(OC)cc3)CC2=O)cc1. The van der Waals surface area contributed by atoms with Gasteiger partial charge < -0.3 is 19.1 Å². The van der Waals surface area contributed by atoms with Gasteiger partial charge in [-0.3, -0.25) is 14.4 Å². The van der Waals surface area contributed by atoms with Crippen molar-refractivity contribution in [3.8, 4) is 5.75 Å². The van der Waals surface area contributed by atoms with E-state index in [0.29, 0.717) is 29.2 Å². The third-order valence-corrected chi connectivity index (χ3v) is 5.36. The van der Waals surface area contributed by atoms with E-state index in [-0.39, 0.29) is 24.7 Å². The van der Waals surface area contributed by atoms with Gasteiger partial charge in [0.05, 0.1) is 25.2 Å². The van der Waals surface area contributed by atoms with Crippen molar-refractivity contribution in [3.05, 3.63) is 59.7 Å². The highest BCUT2D eigenvalue weighted by Crippen LogP contribution is 2.26. The highest BCUT2D eigenvalue weighted by Gasteiger charge is 2.36. The van der Waals surface area contributed by atoms with E-state index in [0.717, 1.165) is 12.8 Å². The molecule has 174 valence electrons. The van der Waals surface area contributed by atoms with Gasteiger partial charge >= 0.3 is 11.9 Å². The van der Waals surface area contributed by atoms with Crippen molar-refractivity contribution < 1.29 is 33.4 Å². The van der Waals surface area contributed by atoms with E-state index < -0.39 is 24.5 Å². The summed E-state index contributed by atoms with van der Waals surface area (Å²) in [6.07, 6.45) is 1.73. The lowest BCUT2D eigenvalue weighted by atomic mass is 10.1. The molecule has 1 aliphatic heterocycles. The average molecular weight is 453 g/mol. The summed E-state index contributed by atoms with van der Waals surface area (Å²) in [6.45, 7) is 2.13. The number of Topliss-reactive ketones (excluding diaryl/α,β-unsaturated/α-hetero) is 1. The van der Waals surface area contributed by atoms with Crippen molar-refractivity contribution in [3.63, 3.8) is 0 Å². The number of ether oxygens (including phenoxy) is 3. The quantitative estimate of drug-likeness (QED) is 0.309. The monoisotopic (exact) mass is 453 g/mol. The summed E-state index contributed by atoms with van der Waals surface area (Å²) in [5.41, 5.74) is 1.38. The Kier molecular flexibility index (Phi) is 8.18. The second kappa shape index (κ2) is 11.3. The molecule has 1 fully saturated rings. The predicted octanol–water partition coefficient (Wildman–Crippen LogP) is 3.43. The zero-order valence-corrected chi connectivity index (χ0v) is 18.7. The van der Waals surface area contributed by atoms with Crippen LogP contribution in [-0.2, 0) is 19.1 Å². The van der Waals surface area contributed by atoms with Crippen LogP contribution in [0.15, 0.2) is 48.5 Å². The van der Waals surface area contributed by atoms with Crippen molar-refractivity contribution >= 4 is 29.3 Å². The molecule has 2 aromatic carbocycles. The van der Waals surface area contributed by atoms with Gasteiger partial charge in [0.15, 0.2) is 12.4 Å². The molecule has 8 nitrogen and oxygen atoms in total. The lowest BCUT2D eigenvalue weighted by Gasteiger charge is -2.17. The third kappa shape index (κ3) is 6.19. The fraction of sp³-hybridized carbons (Fsp3) is 0.360. The summed E-state index contributed by atoms with van der Waals surface area (Å²) >= 11 is 0. The molecule has 0 saturated carbocycles. The highest BCUT2D eigenvalue weighted by atomic mass is 16.5. The van der Waals surface area contributed by atoms with Gasteiger partial charge in [-0.1, -0.05) is 13.3 Å². The van der Waals surface area contributed by atoms with E-state index in [1.165, 1.54) is 12.0 Å². The minimum absolute atomic E-state index is 0.00360. The minimum Gasteiger partial charge on any atom is -0.497 e. The van der Waals surface area contributed by atoms with Gasteiger partial charge in [-0.25, -0.2) is 4.79 Å². The topological polar surface area (TPSA) is 99.2 Å². The Morgan fingerprint density at radius 1 is 0.970 bits per heavy atom. The van der Waals surface area contributed by atoms with Gasteiger partial charge in [0, 0.05) is 24.2 Å². The van der Waals surface area contributed by atoms with E-state index in [1.54, 1.807) is 48.5 Å². The number of methoxy groups -OCH3 is 1. The van der Waals surface area contributed by atoms with Crippen molar-refractivity contribution in [1.82, 2.24) is 0 Å². The molecule has 0 bridgehead atoms. The predicted molar refractivity (Wildman–Crippen MR) is 120 cm³/mol. The maximum absolute atomic E-state index is 12.5. The molecule has 0 unspecified atom stereocenters. The summed E-state index contributed by atoms with van der Waals surface area (Å²) in [7, 11) is 1.53. The fourth-order valence-corrected chi connectivity index (χ4v) is 3.40. The summed E-state index contributed by atoms with van der Waals surface area (Å²) in [6, 6.07) is 13.0. The van der Waals surface area contributed by atoms with Crippen LogP contribution in [-0.4, -0.2) is 50.5 Å². The Bertz CT molecular complexity index is 998. The molecule has 1 atom stereocenters. The second-order valence-electron chi connectivity index (χ2n) is 7.70. The number of carbonyl (C=O) groups is 4. The maximum Gasteiger partial charge on any atom is 0.338 e. The molecule has 0 radical (unpaired) electrons. The van der Waals surface area contributed by atoms with Gasteiger partial charge in [0.2, 0.25) is 5.91 Å². The Morgan fingerprint density at radius 2 is 1.64 bits per heavy atom. The van der Waals surface area contributed by atoms with Crippen LogP contribution >= 0.6 is 0 Å². The number of ketones is 1. The van der Waals surface area contributed by atoms with Crippen LogP contribution in [0.4, 0.5) is 5.69 Å². The van der Waals surface area contributed by atoms with E-state index in [2.05, 4.69) is 0 Å². The number of anilines is 1. The lowest BCUT2D eigenvalue weighted by Crippen LogP contribution is -2.27. The number of hydrogen-bond acceptors (Lipinski definition) is 7. The number of unbranched alkanes of at least 4 members (excludes halogenated alkanes) is 1. The van der Waals surface area contributed by atoms with Gasteiger partial charge in [-0.2, -0.15) is 0 Å². The molecule has 1 amide bonds. The van der Waals surface area contributed by atoms with Crippen molar-refractivity contribution in [2.75, 3.05) is 31.8 Å². The van der Waals surface area contributed by atoms with Gasteiger partial charge in [0.25, 0.3) is 0 Å². The first-order chi connectivity index (χ1) is 15.9. The summed E-state index contributed by atoms with van der Waals surface area (Å²) in [4.78, 5) is 50.6. The molecular formula is C25H27NO7. The minimum atomic E-state index is -0.667. The summed E-state index contributed by atoms with van der Waals surface area (Å²) < 4.78 is 15.4. The average Bonchev–Trinajstić information content (AvgIpc) is 3.24.